The standard InChI is InChI=1S/C23H25N3O2/c1-28-22-5-3-2-4-20(22)21-10-11-23(25-24-21)26-13-12-19(15-26)14-17-6-8-18(16-27)9-7-17/h2-11,19,27H,12-16H2,1H3/t19-/m1/s1. The highest BCUT2D eigenvalue weighted by Crippen LogP contribution is 2.29. The zero-order valence-electron chi connectivity index (χ0n) is 16.1. The van der Waals surface area contributed by atoms with Gasteiger partial charge in [-0.2, -0.15) is 0 Å². The predicted molar refractivity (Wildman–Crippen MR) is 110 cm³/mol. The number of anilines is 1. The lowest BCUT2D eigenvalue weighted by atomic mass is 9.98. The molecule has 0 bridgehead atoms. The highest BCUT2D eigenvalue weighted by atomic mass is 16.5. The number of hydrogen-bond donors (Lipinski definition) is 1. The minimum atomic E-state index is 0.0982. The SMILES string of the molecule is COc1ccccc1-c1ccc(N2CC[C@H](Cc3ccc(CO)cc3)C2)nn1. The summed E-state index contributed by atoms with van der Waals surface area (Å²) in [6.07, 6.45) is 2.20. The van der Waals surface area contributed by atoms with E-state index in [4.69, 9.17) is 9.84 Å². The van der Waals surface area contributed by atoms with Crippen LogP contribution in [0.4, 0.5) is 5.82 Å². The van der Waals surface area contributed by atoms with Crippen LogP contribution in [0.25, 0.3) is 11.3 Å². The summed E-state index contributed by atoms with van der Waals surface area (Å²) in [4.78, 5) is 2.31. The smallest absolute Gasteiger partial charge is 0.151 e. The van der Waals surface area contributed by atoms with E-state index in [1.165, 1.54) is 5.56 Å². The third kappa shape index (κ3) is 3.99. The summed E-state index contributed by atoms with van der Waals surface area (Å²) < 4.78 is 5.42. The number of aliphatic hydroxyl groups excluding tert-OH is 1. The minimum Gasteiger partial charge on any atom is -0.496 e. The molecule has 1 aromatic heterocycles. The van der Waals surface area contributed by atoms with E-state index in [0.29, 0.717) is 5.92 Å². The molecule has 0 radical (unpaired) electrons. The van der Waals surface area contributed by atoms with Gasteiger partial charge in [-0.25, -0.2) is 0 Å². The Morgan fingerprint density at radius 3 is 2.50 bits per heavy atom. The maximum atomic E-state index is 9.17. The van der Waals surface area contributed by atoms with Gasteiger partial charge in [0.2, 0.25) is 0 Å². The largest absolute Gasteiger partial charge is 0.496 e. The molecule has 1 saturated heterocycles. The average molecular weight is 375 g/mol. The first kappa shape index (κ1) is 18.4. The monoisotopic (exact) mass is 375 g/mol. The van der Waals surface area contributed by atoms with Gasteiger partial charge in [0.1, 0.15) is 5.75 Å². The summed E-state index contributed by atoms with van der Waals surface area (Å²) in [5.41, 5.74) is 4.06. The van der Waals surface area contributed by atoms with Crippen molar-refractivity contribution < 1.29 is 9.84 Å². The van der Waals surface area contributed by atoms with Crippen LogP contribution in [-0.4, -0.2) is 35.5 Å². The molecule has 4 rings (SSSR count). The van der Waals surface area contributed by atoms with Gasteiger partial charge in [0.25, 0.3) is 0 Å². The quantitative estimate of drug-likeness (QED) is 0.712. The first-order valence-electron chi connectivity index (χ1n) is 9.67. The number of benzene rings is 2. The summed E-state index contributed by atoms with van der Waals surface area (Å²) in [7, 11) is 1.67. The number of aromatic nitrogens is 2. The molecule has 3 aromatic rings. The van der Waals surface area contributed by atoms with Crippen LogP contribution in [0.15, 0.2) is 60.7 Å². The van der Waals surface area contributed by atoms with Crippen molar-refractivity contribution in [2.75, 3.05) is 25.1 Å². The van der Waals surface area contributed by atoms with Gasteiger partial charge in [-0.15, -0.1) is 10.2 Å². The molecule has 1 atom stereocenters. The van der Waals surface area contributed by atoms with Crippen LogP contribution in [-0.2, 0) is 13.0 Å². The first-order valence-corrected chi connectivity index (χ1v) is 9.67. The zero-order valence-corrected chi connectivity index (χ0v) is 16.1. The Balaban J connectivity index is 1.41. The van der Waals surface area contributed by atoms with Crippen LogP contribution >= 0.6 is 0 Å². The second kappa shape index (κ2) is 8.40. The molecule has 0 amide bonds. The van der Waals surface area contributed by atoms with Gasteiger partial charge < -0.3 is 14.7 Å². The molecule has 0 aliphatic carbocycles. The number of ether oxygens (including phenoxy) is 1. The van der Waals surface area contributed by atoms with Crippen molar-refractivity contribution in [2.24, 2.45) is 5.92 Å². The van der Waals surface area contributed by atoms with Gasteiger partial charge in [-0.1, -0.05) is 36.4 Å². The summed E-state index contributed by atoms with van der Waals surface area (Å²) >= 11 is 0. The van der Waals surface area contributed by atoms with E-state index in [0.717, 1.165) is 54.3 Å². The molecule has 0 spiro atoms. The molecular weight excluding hydrogens is 350 g/mol. The van der Waals surface area contributed by atoms with Gasteiger partial charge in [0, 0.05) is 18.7 Å². The highest BCUT2D eigenvalue weighted by molar-refractivity contribution is 5.67. The third-order valence-corrected chi connectivity index (χ3v) is 5.37. The van der Waals surface area contributed by atoms with Gasteiger partial charge >= 0.3 is 0 Å². The van der Waals surface area contributed by atoms with E-state index in [1.54, 1.807) is 7.11 Å². The normalized spacial score (nSPS) is 16.4. The lowest BCUT2D eigenvalue weighted by molar-refractivity contribution is 0.282. The molecule has 1 fully saturated rings. The summed E-state index contributed by atoms with van der Waals surface area (Å²) in [6, 6.07) is 20.2. The summed E-state index contributed by atoms with van der Waals surface area (Å²) in [5, 5.41) is 18.1. The van der Waals surface area contributed by atoms with Crippen LogP contribution in [0.5, 0.6) is 5.75 Å². The molecule has 28 heavy (non-hydrogen) atoms. The third-order valence-electron chi connectivity index (χ3n) is 5.37. The van der Waals surface area contributed by atoms with E-state index >= 15 is 0 Å². The molecular formula is C23H25N3O2. The molecule has 144 valence electrons. The Labute approximate surface area is 165 Å². The number of hydrogen-bond acceptors (Lipinski definition) is 5. The lowest BCUT2D eigenvalue weighted by Gasteiger charge is -2.17. The van der Waals surface area contributed by atoms with Gasteiger partial charge in [-0.05, 0) is 54.2 Å². The predicted octanol–water partition coefficient (Wildman–Crippen LogP) is 3.71. The number of methoxy groups -OCH3 is 1. The molecule has 1 aliphatic heterocycles. The van der Waals surface area contributed by atoms with Crippen molar-refractivity contribution in [1.29, 1.82) is 0 Å². The highest BCUT2D eigenvalue weighted by Gasteiger charge is 2.24. The van der Waals surface area contributed by atoms with E-state index < -0.39 is 0 Å². The number of nitrogens with zero attached hydrogens (tertiary/aromatic N) is 3. The van der Waals surface area contributed by atoms with Crippen molar-refractivity contribution >= 4 is 5.82 Å². The minimum absolute atomic E-state index is 0.0982. The second-order valence-corrected chi connectivity index (χ2v) is 7.26. The second-order valence-electron chi connectivity index (χ2n) is 7.26. The fraction of sp³-hybridized carbons (Fsp3) is 0.304. The van der Waals surface area contributed by atoms with Gasteiger partial charge in [-0.3, -0.25) is 0 Å². The molecule has 2 aromatic carbocycles. The van der Waals surface area contributed by atoms with Gasteiger partial charge in [0.05, 0.1) is 19.4 Å². The van der Waals surface area contributed by atoms with Crippen molar-refractivity contribution in [3.63, 3.8) is 0 Å². The molecule has 0 saturated carbocycles. The lowest BCUT2D eigenvalue weighted by Crippen LogP contribution is -2.21. The Morgan fingerprint density at radius 1 is 1.00 bits per heavy atom. The molecule has 0 unspecified atom stereocenters. The van der Waals surface area contributed by atoms with E-state index in [2.05, 4.69) is 27.2 Å². The first-order chi connectivity index (χ1) is 13.8. The molecule has 2 heterocycles. The molecule has 5 heteroatoms. The fourth-order valence-electron chi connectivity index (χ4n) is 3.82. The Hall–Kier alpha value is -2.92. The van der Waals surface area contributed by atoms with Crippen molar-refractivity contribution in [3.8, 4) is 17.0 Å². The van der Waals surface area contributed by atoms with Crippen LogP contribution in [0.1, 0.15) is 17.5 Å². The van der Waals surface area contributed by atoms with Crippen LogP contribution in [0.2, 0.25) is 0 Å². The Kier molecular flexibility index (Phi) is 5.53. The van der Waals surface area contributed by atoms with Crippen LogP contribution < -0.4 is 9.64 Å². The number of aliphatic hydroxyl groups is 1. The maximum absolute atomic E-state index is 9.17. The van der Waals surface area contributed by atoms with Gasteiger partial charge in [0.15, 0.2) is 5.82 Å². The molecule has 5 nitrogen and oxygen atoms in total. The van der Waals surface area contributed by atoms with Crippen LogP contribution in [0, 0.1) is 5.92 Å². The Morgan fingerprint density at radius 2 is 1.79 bits per heavy atom. The van der Waals surface area contributed by atoms with E-state index in [-0.39, 0.29) is 6.61 Å². The topological polar surface area (TPSA) is 58.5 Å². The Bertz CT molecular complexity index is 910. The number of para-hydroxylation sites is 1. The van der Waals surface area contributed by atoms with Crippen molar-refractivity contribution in [1.82, 2.24) is 10.2 Å². The van der Waals surface area contributed by atoms with Crippen LogP contribution in [0.3, 0.4) is 0 Å². The number of rotatable bonds is 6. The van der Waals surface area contributed by atoms with Crippen molar-refractivity contribution in [2.45, 2.75) is 19.4 Å². The zero-order chi connectivity index (χ0) is 19.3. The molecule has 1 N–H and O–H groups in total. The maximum Gasteiger partial charge on any atom is 0.151 e. The van der Waals surface area contributed by atoms with Crippen molar-refractivity contribution in [3.05, 3.63) is 71.8 Å². The summed E-state index contributed by atoms with van der Waals surface area (Å²) in [6.45, 7) is 2.09. The fourth-order valence-corrected chi connectivity index (χ4v) is 3.82. The molecule has 1 aliphatic rings. The van der Waals surface area contributed by atoms with E-state index in [9.17, 15) is 0 Å². The summed E-state index contributed by atoms with van der Waals surface area (Å²) in [5.74, 6) is 2.34. The van der Waals surface area contributed by atoms with E-state index in [1.807, 2.05) is 48.5 Å². The average Bonchev–Trinajstić information content (AvgIpc) is 3.23.